The number of aromatic nitrogens is 1. The minimum Gasteiger partial charge on any atom is -0.481 e. The largest absolute Gasteiger partial charge is 0.481 e. The van der Waals surface area contributed by atoms with E-state index in [1.54, 1.807) is 4.90 Å². The molecule has 1 aliphatic rings. The summed E-state index contributed by atoms with van der Waals surface area (Å²) in [5.74, 6) is -1.11. The molecule has 0 saturated carbocycles. The van der Waals surface area contributed by atoms with Crippen molar-refractivity contribution in [3.05, 3.63) is 36.0 Å². The summed E-state index contributed by atoms with van der Waals surface area (Å²) in [5.41, 5.74) is 1.52. The van der Waals surface area contributed by atoms with E-state index in [9.17, 15) is 14.7 Å². The van der Waals surface area contributed by atoms with Gasteiger partial charge in [0.2, 0.25) is 0 Å². The zero-order chi connectivity index (χ0) is 16.4. The molecular formula is C18H22N2O3. The highest BCUT2D eigenvalue weighted by atomic mass is 16.4. The SMILES string of the molecule is CCC(C(=O)O)C1CCCN(C(=O)c2cc3ccccc3[nH]2)C1. The van der Waals surface area contributed by atoms with E-state index < -0.39 is 5.97 Å². The first-order valence-corrected chi connectivity index (χ1v) is 8.20. The highest BCUT2D eigenvalue weighted by Gasteiger charge is 2.32. The maximum atomic E-state index is 12.7. The molecule has 0 spiro atoms. The van der Waals surface area contributed by atoms with Gasteiger partial charge in [0.05, 0.1) is 5.92 Å². The maximum Gasteiger partial charge on any atom is 0.306 e. The number of carbonyl (C=O) groups is 2. The quantitative estimate of drug-likeness (QED) is 0.910. The van der Waals surface area contributed by atoms with E-state index in [1.807, 2.05) is 37.3 Å². The van der Waals surface area contributed by atoms with Gasteiger partial charge in [-0.3, -0.25) is 9.59 Å². The molecule has 5 nitrogen and oxygen atoms in total. The number of para-hydroxylation sites is 1. The lowest BCUT2D eigenvalue weighted by Crippen LogP contribution is -2.43. The predicted molar refractivity (Wildman–Crippen MR) is 88.3 cm³/mol. The number of nitrogens with one attached hydrogen (secondary N) is 1. The van der Waals surface area contributed by atoms with E-state index in [0.29, 0.717) is 25.2 Å². The number of benzene rings is 1. The van der Waals surface area contributed by atoms with Gasteiger partial charge in [-0.2, -0.15) is 0 Å². The van der Waals surface area contributed by atoms with Gasteiger partial charge in [-0.25, -0.2) is 0 Å². The number of carbonyl (C=O) groups excluding carboxylic acids is 1. The van der Waals surface area contributed by atoms with Gasteiger partial charge in [-0.1, -0.05) is 25.1 Å². The Morgan fingerprint density at radius 2 is 2.17 bits per heavy atom. The molecule has 2 unspecified atom stereocenters. The van der Waals surface area contributed by atoms with Crippen LogP contribution in [0, 0.1) is 11.8 Å². The number of piperidine rings is 1. The average molecular weight is 314 g/mol. The average Bonchev–Trinajstić information content (AvgIpc) is 2.99. The number of amides is 1. The van der Waals surface area contributed by atoms with Gasteiger partial charge in [0.25, 0.3) is 5.91 Å². The lowest BCUT2D eigenvalue weighted by molar-refractivity contribution is -0.144. The third-order valence-electron chi connectivity index (χ3n) is 4.83. The van der Waals surface area contributed by atoms with Crippen LogP contribution in [0.3, 0.4) is 0 Å². The molecule has 0 radical (unpaired) electrons. The van der Waals surface area contributed by atoms with Gasteiger partial charge in [-0.05, 0) is 37.3 Å². The van der Waals surface area contributed by atoms with Gasteiger partial charge >= 0.3 is 5.97 Å². The van der Waals surface area contributed by atoms with Crippen molar-refractivity contribution in [1.82, 2.24) is 9.88 Å². The molecule has 5 heteroatoms. The topological polar surface area (TPSA) is 73.4 Å². The monoisotopic (exact) mass is 314 g/mol. The molecule has 3 rings (SSSR count). The molecule has 1 fully saturated rings. The van der Waals surface area contributed by atoms with Crippen molar-refractivity contribution >= 4 is 22.8 Å². The maximum absolute atomic E-state index is 12.7. The summed E-state index contributed by atoms with van der Waals surface area (Å²) < 4.78 is 0. The third kappa shape index (κ3) is 3.09. The van der Waals surface area contributed by atoms with Crippen molar-refractivity contribution < 1.29 is 14.7 Å². The lowest BCUT2D eigenvalue weighted by atomic mass is 9.84. The van der Waals surface area contributed by atoms with Crippen LogP contribution in [-0.4, -0.2) is 40.0 Å². The Morgan fingerprint density at radius 3 is 2.87 bits per heavy atom. The van der Waals surface area contributed by atoms with Crippen molar-refractivity contribution in [3.8, 4) is 0 Å². The molecule has 2 heterocycles. The summed E-state index contributed by atoms with van der Waals surface area (Å²) >= 11 is 0. The number of hydrogen-bond donors (Lipinski definition) is 2. The lowest BCUT2D eigenvalue weighted by Gasteiger charge is -2.35. The summed E-state index contributed by atoms with van der Waals surface area (Å²) in [6.07, 6.45) is 2.34. The second-order valence-corrected chi connectivity index (χ2v) is 6.28. The van der Waals surface area contributed by atoms with Gasteiger partial charge < -0.3 is 15.0 Å². The van der Waals surface area contributed by atoms with Crippen LogP contribution >= 0.6 is 0 Å². The molecule has 23 heavy (non-hydrogen) atoms. The van der Waals surface area contributed by atoms with E-state index in [4.69, 9.17) is 0 Å². The number of rotatable bonds is 4. The Morgan fingerprint density at radius 1 is 1.39 bits per heavy atom. The van der Waals surface area contributed by atoms with Gasteiger partial charge in [0.1, 0.15) is 5.69 Å². The number of H-pyrrole nitrogens is 1. The Hall–Kier alpha value is -2.30. The number of likely N-dealkylation sites (tertiary alicyclic amines) is 1. The first-order chi connectivity index (χ1) is 11.1. The Labute approximate surface area is 135 Å². The molecule has 0 bridgehead atoms. The molecule has 2 aromatic rings. The molecule has 0 aliphatic carbocycles. The molecule has 1 saturated heterocycles. The number of aliphatic carboxylic acids is 1. The second kappa shape index (κ2) is 6.44. The fraction of sp³-hybridized carbons (Fsp3) is 0.444. The van der Waals surface area contributed by atoms with Gasteiger partial charge in [0.15, 0.2) is 0 Å². The Kier molecular flexibility index (Phi) is 4.37. The van der Waals surface area contributed by atoms with Crippen LogP contribution in [0.2, 0.25) is 0 Å². The third-order valence-corrected chi connectivity index (χ3v) is 4.83. The van der Waals surface area contributed by atoms with Crippen molar-refractivity contribution in [2.75, 3.05) is 13.1 Å². The van der Waals surface area contributed by atoms with E-state index in [1.165, 1.54) is 0 Å². The smallest absolute Gasteiger partial charge is 0.306 e. The molecule has 1 aromatic carbocycles. The Bertz CT molecular complexity index is 689. The molecule has 2 N–H and O–H groups in total. The van der Waals surface area contributed by atoms with Crippen LogP contribution in [0.25, 0.3) is 10.9 Å². The molecular weight excluding hydrogens is 292 g/mol. The van der Waals surface area contributed by atoms with Gasteiger partial charge in [-0.15, -0.1) is 0 Å². The van der Waals surface area contributed by atoms with Crippen molar-refractivity contribution in [3.63, 3.8) is 0 Å². The van der Waals surface area contributed by atoms with Crippen molar-refractivity contribution in [2.45, 2.75) is 26.2 Å². The van der Waals surface area contributed by atoms with Crippen LogP contribution in [0.5, 0.6) is 0 Å². The number of nitrogens with zero attached hydrogens (tertiary/aromatic N) is 1. The summed E-state index contributed by atoms with van der Waals surface area (Å²) in [4.78, 5) is 29.1. The number of carboxylic acids is 1. The minimum absolute atomic E-state index is 0.0360. The Balaban J connectivity index is 1.77. The van der Waals surface area contributed by atoms with Crippen LogP contribution in [0.4, 0.5) is 0 Å². The zero-order valence-electron chi connectivity index (χ0n) is 13.3. The minimum atomic E-state index is -0.752. The molecule has 2 atom stereocenters. The molecule has 122 valence electrons. The fourth-order valence-electron chi connectivity index (χ4n) is 3.59. The van der Waals surface area contributed by atoms with Crippen molar-refractivity contribution in [2.24, 2.45) is 11.8 Å². The fourth-order valence-corrected chi connectivity index (χ4v) is 3.59. The first kappa shape index (κ1) is 15.6. The van der Waals surface area contributed by atoms with Gasteiger partial charge in [0, 0.05) is 24.0 Å². The van der Waals surface area contributed by atoms with E-state index >= 15 is 0 Å². The normalized spacial score (nSPS) is 19.7. The molecule has 1 aliphatic heterocycles. The summed E-state index contributed by atoms with van der Waals surface area (Å²) in [7, 11) is 0. The molecule has 1 aromatic heterocycles. The summed E-state index contributed by atoms with van der Waals surface area (Å²) in [6.45, 7) is 3.12. The van der Waals surface area contributed by atoms with E-state index in [0.717, 1.165) is 23.7 Å². The van der Waals surface area contributed by atoms with Crippen molar-refractivity contribution in [1.29, 1.82) is 0 Å². The summed E-state index contributed by atoms with van der Waals surface area (Å²) in [6, 6.07) is 9.67. The number of fused-ring (bicyclic) bond motifs is 1. The van der Waals surface area contributed by atoms with E-state index in [-0.39, 0.29) is 17.7 Å². The number of aromatic amines is 1. The zero-order valence-corrected chi connectivity index (χ0v) is 13.3. The predicted octanol–water partition coefficient (Wildman–Crippen LogP) is 3.13. The first-order valence-electron chi connectivity index (χ1n) is 8.20. The highest BCUT2D eigenvalue weighted by Crippen LogP contribution is 2.28. The van der Waals surface area contributed by atoms with Crippen LogP contribution in [-0.2, 0) is 4.79 Å². The van der Waals surface area contributed by atoms with E-state index in [2.05, 4.69) is 4.98 Å². The summed E-state index contributed by atoms with van der Waals surface area (Å²) in [5, 5.41) is 10.4. The standard InChI is InChI=1S/C18H22N2O3/c1-2-14(18(22)23)13-7-5-9-20(11-13)17(21)16-10-12-6-3-4-8-15(12)19-16/h3-4,6,8,10,13-14,19H,2,5,7,9,11H2,1H3,(H,22,23). The number of carboxylic acid groups (broad SMARTS) is 1. The number of hydrogen-bond acceptors (Lipinski definition) is 2. The highest BCUT2D eigenvalue weighted by molar-refractivity contribution is 5.98. The molecule has 1 amide bonds. The second-order valence-electron chi connectivity index (χ2n) is 6.28. The van der Waals surface area contributed by atoms with Crippen LogP contribution < -0.4 is 0 Å². The van der Waals surface area contributed by atoms with Crippen LogP contribution in [0.15, 0.2) is 30.3 Å². The van der Waals surface area contributed by atoms with Crippen LogP contribution in [0.1, 0.15) is 36.7 Å².